The second-order valence-corrected chi connectivity index (χ2v) is 4.28. The molecule has 0 bridgehead atoms. The minimum absolute atomic E-state index is 0.128. The lowest BCUT2D eigenvalue weighted by atomic mass is 10.3. The maximum absolute atomic E-state index is 11.5. The second-order valence-electron chi connectivity index (χ2n) is 3.50. The van der Waals surface area contributed by atoms with Gasteiger partial charge in [0, 0.05) is 17.2 Å². The number of benzene rings is 1. The van der Waals surface area contributed by atoms with Crippen LogP contribution in [0.25, 0.3) is 0 Å². The lowest BCUT2D eigenvalue weighted by molar-refractivity contribution is -0.116. The van der Waals surface area contributed by atoms with Crippen LogP contribution >= 0.6 is 11.5 Å². The van der Waals surface area contributed by atoms with Crippen LogP contribution in [0.15, 0.2) is 30.5 Å². The van der Waals surface area contributed by atoms with Gasteiger partial charge in [0.2, 0.25) is 5.91 Å². The zero-order valence-electron chi connectivity index (χ0n) is 9.50. The van der Waals surface area contributed by atoms with Gasteiger partial charge in [-0.05, 0) is 24.3 Å². The number of nitrogens with two attached hydrogens (primary N) is 1. The molecule has 1 amide bonds. The topological polar surface area (TPSA) is 90.1 Å². The molecular formula is C11H12N4O2S. The highest BCUT2D eigenvalue weighted by atomic mass is 32.1. The van der Waals surface area contributed by atoms with Crippen molar-refractivity contribution < 1.29 is 9.53 Å². The number of carbonyl (C=O) groups excluding carboxylic acids is 1. The van der Waals surface area contributed by atoms with Crippen molar-refractivity contribution in [2.75, 3.05) is 17.7 Å². The van der Waals surface area contributed by atoms with Crippen molar-refractivity contribution in [3.63, 3.8) is 0 Å². The van der Waals surface area contributed by atoms with E-state index in [4.69, 9.17) is 10.5 Å². The Kier molecular flexibility index (Phi) is 4.08. The molecule has 1 heterocycles. The van der Waals surface area contributed by atoms with Crippen LogP contribution in [0.1, 0.15) is 6.42 Å². The Morgan fingerprint density at radius 1 is 1.39 bits per heavy atom. The van der Waals surface area contributed by atoms with Crippen LogP contribution in [0.4, 0.5) is 10.7 Å². The van der Waals surface area contributed by atoms with Gasteiger partial charge in [-0.2, -0.15) is 0 Å². The fourth-order valence-corrected chi connectivity index (χ4v) is 1.68. The third-order valence-corrected chi connectivity index (χ3v) is 2.68. The van der Waals surface area contributed by atoms with Crippen LogP contribution in [-0.2, 0) is 4.79 Å². The van der Waals surface area contributed by atoms with Crippen LogP contribution in [0.2, 0.25) is 0 Å². The number of nitrogens with one attached hydrogen (secondary N) is 1. The van der Waals surface area contributed by atoms with Crippen LogP contribution in [-0.4, -0.2) is 22.1 Å². The Morgan fingerprint density at radius 3 is 2.83 bits per heavy atom. The highest BCUT2D eigenvalue weighted by Crippen LogP contribution is 2.13. The Labute approximate surface area is 108 Å². The summed E-state index contributed by atoms with van der Waals surface area (Å²) in [4.78, 5) is 11.5. The molecule has 0 saturated heterocycles. The third kappa shape index (κ3) is 3.70. The van der Waals surface area contributed by atoms with Crippen molar-refractivity contribution in [3.05, 3.63) is 30.5 Å². The summed E-state index contributed by atoms with van der Waals surface area (Å²) < 4.78 is 9.05. The van der Waals surface area contributed by atoms with Gasteiger partial charge in [0.15, 0.2) is 0 Å². The van der Waals surface area contributed by atoms with Crippen LogP contribution in [0.3, 0.4) is 0 Å². The van der Waals surface area contributed by atoms with E-state index < -0.39 is 0 Å². The summed E-state index contributed by atoms with van der Waals surface area (Å²) in [5.41, 5.74) is 6.23. The molecule has 0 fully saturated rings. The van der Waals surface area contributed by atoms with E-state index in [0.29, 0.717) is 23.0 Å². The number of ether oxygens (including phenoxy) is 1. The first-order valence-electron chi connectivity index (χ1n) is 5.29. The zero-order valence-corrected chi connectivity index (χ0v) is 10.3. The summed E-state index contributed by atoms with van der Waals surface area (Å²) in [6.45, 7) is 0.308. The standard InChI is InChI=1S/C11H12N4O2S/c12-8-1-3-9(4-2-8)17-6-5-10(16)14-11-7-13-15-18-11/h1-4,7H,5-6,12H2,(H,14,16). The molecule has 0 radical (unpaired) electrons. The molecule has 0 atom stereocenters. The molecule has 1 aromatic heterocycles. The molecular weight excluding hydrogens is 252 g/mol. The number of amides is 1. The molecule has 0 unspecified atom stereocenters. The molecule has 0 aliphatic rings. The number of hydrogen-bond donors (Lipinski definition) is 2. The molecule has 0 aliphatic carbocycles. The molecule has 2 aromatic rings. The van der Waals surface area contributed by atoms with Crippen molar-refractivity contribution in [2.24, 2.45) is 0 Å². The molecule has 94 valence electrons. The van der Waals surface area contributed by atoms with Crippen molar-refractivity contribution in [1.82, 2.24) is 9.59 Å². The number of nitrogen functional groups attached to an aromatic ring is 1. The average Bonchev–Trinajstić information content (AvgIpc) is 2.84. The Hall–Kier alpha value is -2.15. The second kappa shape index (κ2) is 5.97. The molecule has 2 rings (SSSR count). The van der Waals surface area contributed by atoms with E-state index in [0.717, 1.165) is 11.5 Å². The number of nitrogens with zero attached hydrogens (tertiary/aromatic N) is 2. The van der Waals surface area contributed by atoms with E-state index in [2.05, 4.69) is 14.9 Å². The van der Waals surface area contributed by atoms with E-state index >= 15 is 0 Å². The fourth-order valence-electron chi connectivity index (χ4n) is 1.25. The Balaban J connectivity index is 1.72. The highest BCUT2D eigenvalue weighted by Gasteiger charge is 2.04. The molecule has 0 aliphatic heterocycles. The SMILES string of the molecule is Nc1ccc(OCCC(=O)Nc2cnns2)cc1. The third-order valence-electron chi connectivity index (χ3n) is 2.10. The van der Waals surface area contributed by atoms with E-state index in [1.165, 1.54) is 6.20 Å². The molecule has 0 saturated carbocycles. The van der Waals surface area contributed by atoms with Crippen LogP contribution in [0, 0.1) is 0 Å². The molecule has 18 heavy (non-hydrogen) atoms. The number of hydrogen-bond acceptors (Lipinski definition) is 6. The maximum Gasteiger partial charge on any atom is 0.228 e. The number of rotatable bonds is 5. The molecule has 1 aromatic carbocycles. The van der Waals surface area contributed by atoms with E-state index in [1.54, 1.807) is 24.3 Å². The van der Waals surface area contributed by atoms with Crippen molar-refractivity contribution in [1.29, 1.82) is 0 Å². The first-order chi connectivity index (χ1) is 8.74. The first-order valence-corrected chi connectivity index (χ1v) is 6.07. The minimum Gasteiger partial charge on any atom is -0.493 e. The predicted octanol–water partition coefficient (Wildman–Crippen LogP) is 1.53. The highest BCUT2D eigenvalue weighted by molar-refractivity contribution is 7.10. The quantitative estimate of drug-likeness (QED) is 0.799. The Morgan fingerprint density at radius 2 is 2.17 bits per heavy atom. The van der Waals surface area contributed by atoms with E-state index in [9.17, 15) is 4.79 Å². The fraction of sp³-hybridized carbons (Fsp3) is 0.182. The average molecular weight is 264 g/mol. The van der Waals surface area contributed by atoms with Gasteiger partial charge in [0.05, 0.1) is 19.2 Å². The molecule has 3 N–H and O–H groups in total. The lowest BCUT2D eigenvalue weighted by Crippen LogP contribution is -2.14. The van der Waals surface area contributed by atoms with Crippen molar-refractivity contribution in [2.45, 2.75) is 6.42 Å². The summed E-state index contributed by atoms with van der Waals surface area (Å²) in [6, 6.07) is 7.03. The largest absolute Gasteiger partial charge is 0.493 e. The lowest BCUT2D eigenvalue weighted by Gasteiger charge is -2.06. The van der Waals surface area contributed by atoms with Gasteiger partial charge >= 0.3 is 0 Å². The van der Waals surface area contributed by atoms with Gasteiger partial charge in [-0.15, -0.1) is 5.10 Å². The van der Waals surface area contributed by atoms with E-state index in [1.807, 2.05) is 0 Å². The van der Waals surface area contributed by atoms with Gasteiger partial charge in [-0.25, -0.2) is 0 Å². The van der Waals surface area contributed by atoms with Gasteiger partial charge in [0.25, 0.3) is 0 Å². The summed E-state index contributed by atoms with van der Waals surface area (Å²) in [7, 11) is 0. The maximum atomic E-state index is 11.5. The van der Waals surface area contributed by atoms with Gasteiger partial charge in [0.1, 0.15) is 10.8 Å². The monoisotopic (exact) mass is 264 g/mol. The molecule has 7 heteroatoms. The zero-order chi connectivity index (χ0) is 12.8. The summed E-state index contributed by atoms with van der Waals surface area (Å²) in [5, 5.41) is 6.93. The van der Waals surface area contributed by atoms with Crippen LogP contribution in [0.5, 0.6) is 5.75 Å². The molecule has 0 spiro atoms. The Bertz CT molecular complexity index is 498. The summed E-state index contributed by atoms with van der Waals surface area (Å²) >= 11 is 1.13. The smallest absolute Gasteiger partial charge is 0.228 e. The van der Waals surface area contributed by atoms with Crippen LogP contribution < -0.4 is 15.8 Å². The molecule has 6 nitrogen and oxygen atoms in total. The predicted molar refractivity (Wildman–Crippen MR) is 69.5 cm³/mol. The van der Waals surface area contributed by atoms with E-state index in [-0.39, 0.29) is 12.3 Å². The van der Waals surface area contributed by atoms with Gasteiger partial charge < -0.3 is 15.8 Å². The number of aromatic nitrogens is 2. The normalized spacial score (nSPS) is 10.0. The number of anilines is 2. The van der Waals surface area contributed by atoms with Crippen molar-refractivity contribution in [3.8, 4) is 5.75 Å². The van der Waals surface area contributed by atoms with Gasteiger partial charge in [-0.3, -0.25) is 4.79 Å². The summed E-state index contributed by atoms with van der Waals surface area (Å²) in [5.74, 6) is 0.563. The van der Waals surface area contributed by atoms with Crippen molar-refractivity contribution >= 4 is 28.1 Å². The van der Waals surface area contributed by atoms with Gasteiger partial charge in [-0.1, -0.05) is 4.49 Å². The minimum atomic E-state index is -0.128. The summed E-state index contributed by atoms with van der Waals surface area (Å²) in [6.07, 6.45) is 1.77. The number of carbonyl (C=O) groups is 1. The first kappa shape index (κ1) is 12.3.